The Labute approximate surface area is 169 Å². The maximum atomic E-state index is 13.0. The number of aryl methyl sites for hydroxylation is 2. The van der Waals surface area contributed by atoms with Crippen LogP contribution in [-0.4, -0.2) is 59.8 Å². The van der Waals surface area contributed by atoms with Crippen LogP contribution in [0.3, 0.4) is 0 Å². The highest BCUT2D eigenvalue weighted by atomic mass is 32.2. The van der Waals surface area contributed by atoms with Crippen LogP contribution >= 0.6 is 0 Å². The van der Waals surface area contributed by atoms with Gasteiger partial charge in [0.05, 0.1) is 6.42 Å². The van der Waals surface area contributed by atoms with E-state index >= 15 is 0 Å². The molecule has 0 unspecified atom stereocenters. The first-order chi connectivity index (χ1) is 13.9. The average molecular weight is 417 g/mol. The number of nitrogens with one attached hydrogen (secondary N) is 1. The maximum absolute atomic E-state index is 13.0. The van der Waals surface area contributed by atoms with E-state index in [1.54, 1.807) is 18.7 Å². The highest BCUT2D eigenvalue weighted by Crippen LogP contribution is 2.24. The fourth-order valence-corrected chi connectivity index (χ4v) is 5.67. The van der Waals surface area contributed by atoms with E-state index in [1.165, 1.54) is 4.31 Å². The van der Waals surface area contributed by atoms with E-state index in [0.29, 0.717) is 43.9 Å². The molecular weight excluding hydrogens is 392 g/mol. The van der Waals surface area contributed by atoms with Crippen LogP contribution in [0.15, 0.2) is 39.9 Å². The second-order valence-electron chi connectivity index (χ2n) is 7.33. The van der Waals surface area contributed by atoms with Crippen molar-refractivity contribution in [2.24, 2.45) is 0 Å². The minimum atomic E-state index is -3.70. The Balaban J connectivity index is 1.47. The second kappa shape index (κ2) is 7.64. The summed E-state index contributed by atoms with van der Waals surface area (Å²) in [6.07, 6.45) is 2.75. The van der Waals surface area contributed by atoms with E-state index in [4.69, 9.17) is 4.52 Å². The van der Waals surface area contributed by atoms with Crippen molar-refractivity contribution in [3.8, 4) is 0 Å². The third-order valence-electron chi connectivity index (χ3n) is 5.39. The van der Waals surface area contributed by atoms with Gasteiger partial charge in [-0.25, -0.2) is 8.42 Å². The quantitative estimate of drug-likeness (QED) is 0.703. The molecule has 1 fully saturated rings. The lowest BCUT2D eigenvalue weighted by atomic mass is 10.1. The number of benzene rings is 1. The highest BCUT2D eigenvalue weighted by Gasteiger charge is 2.32. The van der Waals surface area contributed by atoms with Gasteiger partial charge in [0.25, 0.3) is 0 Å². The molecule has 0 atom stereocenters. The molecule has 1 amide bonds. The molecule has 1 saturated heterocycles. The molecule has 3 heterocycles. The standard InChI is InChI=1S/C20H24N4O4S/c1-14-20(15(2)28-22-14)29(26,27)24-9-5-8-23(10-11-24)19(25)12-16-13-21-18-7-4-3-6-17(16)18/h3-4,6-7,13,21H,5,8-12H2,1-2H3. The van der Waals surface area contributed by atoms with Gasteiger partial charge in [0.1, 0.15) is 10.6 Å². The van der Waals surface area contributed by atoms with Crippen LogP contribution in [0.5, 0.6) is 0 Å². The van der Waals surface area contributed by atoms with Gasteiger partial charge in [0.15, 0.2) is 5.76 Å². The van der Waals surface area contributed by atoms with Crippen molar-refractivity contribution in [2.45, 2.75) is 31.6 Å². The molecule has 3 aromatic rings. The van der Waals surface area contributed by atoms with E-state index in [9.17, 15) is 13.2 Å². The average Bonchev–Trinajstić information content (AvgIpc) is 3.14. The van der Waals surface area contributed by atoms with Gasteiger partial charge in [-0.05, 0) is 31.9 Å². The molecular formula is C20H24N4O4S. The van der Waals surface area contributed by atoms with E-state index in [1.807, 2.05) is 30.5 Å². The van der Waals surface area contributed by atoms with Gasteiger partial charge in [0, 0.05) is 43.3 Å². The topological polar surface area (TPSA) is 99.5 Å². The number of fused-ring (bicyclic) bond motifs is 1. The summed E-state index contributed by atoms with van der Waals surface area (Å²) in [5, 5.41) is 4.80. The fraction of sp³-hybridized carbons (Fsp3) is 0.400. The van der Waals surface area contributed by atoms with Gasteiger partial charge in [-0.2, -0.15) is 4.31 Å². The Morgan fingerprint density at radius 3 is 2.72 bits per heavy atom. The summed E-state index contributed by atoms with van der Waals surface area (Å²) in [7, 11) is -3.70. The van der Waals surface area contributed by atoms with Crippen molar-refractivity contribution in [2.75, 3.05) is 26.2 Å². The predicted molar refractivity (Wildman–Crippen MR) is 108 cm³/mol. The largest absolute Gasteiger partial charge is 0.361 e. The summed E-state index contributed by atoms with van der Waals surface area (Å²) in [6, 6.07) is 7.88. The highest BCUT2D eigenvalue weighted by molar-refractivity contribution is 7.89. The Morgan fingerprint density at radius 2 is 1.97 bits per heavy atom. The summed E-state index contributed by atoms with van der Waals surface area (Å²) in [4.78, 5) is 18.0. The molecule has 154 valence electrons. The van der Waals surface area contributed by atoms with Crippen molar-refractivity contribution in [3.05, 3.63) is 47.5 Å². The van der Waals surface area contributed by atoms with E-state index in [2.05, 4.69) is 10.1 Å². The first-order valence-corrected chi connectivity index (χ1v) is 11.1. The number of rotatable bonds is 4. The first-order valence-electron chi connectivity index (χ1n) is 9.63. The minimum Gasteiger partial charge on any atom is -0.361 e. The van der Waals surface area contributed by atoms with Crippen LogP contribution in [0.4, 0.5) is 0 Å². The lowest BCUT2D eigenvalue weighted by molar-refractivity contribution is -0.130. The molecule has 1 aromatic carbocycles. The summed E-state index contributed by atoms with van der Waals surface area (Å²) < 4.78 is 32.5. The Kier molecular flexibility index (Phi) is 5.18. The van der Waals surface area contributed by atoms with Crippen LogP contribution in [0.25, 0.3) is 10.9 Å². The number of para-hydroxylation sites is 1. The predicted octanol–water partition coefficient (Wildman–Crippen LogP) is 2.24. The third kappa shape index (κ3) is 3.67. The van der Waals surface area contributed by atoms with E-state index in [0.717, 1.165) is 16.5 Å². The van der Waals surface area contributed by atoms with E-state index in [-0.39, 0.29) is 17.3 Å². The number of aromatic nitrogens is 2. The van der Waals surface area contributed by atoms with Crippen molar-refractivity contribution < 1.29 is 17.7 Å². The number of nitrogens with zero attached hydrogens (tertiary/aromatic N) is 3. The second-order valence-corrected chi connectivity index (χ2v) is 9.20. The summed E-state index contributed by atoms with van der Waals surface area (Å²) in [5.74, 6) is 0.297. The molecule has 8 nitrogen and oxygen atoms in total. The van der Waals surface area contributed by atoms with Crippen LogP contribution in [0.2, 0.25) is 0 Å². The van der Waals surface area contributed by atoms with Crippen LogP contribution in [-0.2, 0) is 21.2 Å². The number of carbonyl (C=O) groups excluding carboxylic acids is 1. The SMILES string of the molecule is Cc1noc(C)c1S(=O)(=O)N1CCCN(C(=O)Cc2c[nH]c3ccccc23)CC1. The van der Waals surface area contributed by atoms with Crippen molar-refractivity contribution in [1.29, 1.82) is 0 Å². The molecule has 1 aliphatic heterocycles. The number of hydrogen-bond acceptors (Lipinski definition) is 5. The summed E-state index contributed by atoms with van der Waals surface area (Å²) in [6.45, 7) is 4.74. The zero-order chi connectivity index (χ0) is 20.6. The number of carbonyl (C=O) groups is 1. The van der Waals surface area contributed by atoms with Crippen LogP contribution < -0.4 is 0 Å². The fourth-order valence-electron chi connectivity index (χ4n) is 3.91. The molecule has 2 aromatic heterocycles. The number of aromatic amines is 1. The van der Waals surface area contributed by atoms with Crippen LogP contribution in [0, 0.1) is 13.8 Å². The van der Waals surface area contributed by atoms with Gasteiger partial charge in [0.2, 0.25) is 15.9 Å². The molecule has 1 N–H and O–H groups in total. The molecule has 0 aliphatic carbocycles. The number of hydrogen-bond donors (Lipinski definition) is 1. The molecule has 0 spiro atoms. The van der Waals surface area contributed by atoms with Gasteiger partial charge >= 0.3 is 0 Å². The molecule has 0 bridgehead atoms. The number of amides is 1. The molecule has 0 radical (unpaired) electrons. The van der Waals surface area contributed by atoms with Gasteiger partial charge in [-0.1, -0.05) is 23.4 Å². The van der Waals surface area contributed by atoms with Crippen molar-refractivity contribution in [1.82, 2.24) is 19.3 Å². The van der Waals surface area contributed by atoms with Gasteiger partial charge in [-0.3, -0.25) is 4.79 Å². The number of sulfonamides is 1. The van der Waals surface area contributed by atoms with Gasteiger partial charge in [-0.15, -0.1) is 0 Å². The third-order valence-corrected chi connectivity index (χ3v) is 7.53. The van der Waals surface area contributed by atoms with Crippen LogP contribution in [0.1, 0.15) is 23.4 Å². The summed E-state index contributed by atoms with van der Waals surface area (Å²) in [5.41, 5.74) is 2.32. The zero-order valence-electron chi connectivity index (χ0n) is 16.5. The lowest BCUT2D eigenvalue weighted by Crippen LogP contribution is -2.38. The molecule has 4 rings (SSSR count). The Bertz CT molecular complexity index is 1130. The van der Waals surface area contributed by atoms with Crippen molar-refractivity contribution >= 4 is 26.8 Å². The Morgan fingerprint density at radius 1 is 1.17 bits per heavy atom. The molecule has 29 heavy (non-hydrogen) atoms. The normalized spacial score (nSPS) is 16.3. The zero-order valence-corrected chi connectivity index (χ0v) is 17.3. The number of H-pyrrole nitrogens is 1. The van der Waals surface area contributed by atoms with Crippen molar-refractivity contribution in [3.63, 3.8) is 0 Å². The molecule has 0 saturated carbocycles. The molecule has 1 aliphatic rings. The smallest absolute Gasteiger partial charge is 0.248 e. The lowest BCUT2D eigenvalue weighted by Gasteiger charge is -2.22. The Hall–Kier alpha value is -2.65. The monoisotopic (exact) mass is 416 g/mol. The van der Waals surface area contributed by atoms with Gasteiger partial charge < -0.3 is 14.4 Å². The minimum absolute atomic E-state index is 0.00587. The molecule has 9 heteroatoms. The summed E-state index contributed by atoms with van der Waals surface area (Å²) >= 11 is 0. The van der Waals surface area contributed by atoms with E-state index < -0.39 is 10.0 Å². The maximum Gasteiger partial charge on any atom is 0.248 e. The first kappa shape index (κ1) is 19.7.